The van der Waals surface area contributed by atoms with Crippen molar-refractivity contribution in [3.05, 3.63) is 30.0 Å². The van der Waals surface area contributed by atoms with Gasteiger partial charge in [0.25, 0.3) is 0 Å². The Labute approximate surface area is 119 Å². The number of hydrogen-bond donors (Lipinski definition) is 2. The quantitative estimate of drug-likeness (QED) is 0.843. The number of rotatable bonds is 6. The van der Waals surface area contributed by atoms with Gasteiger partial charge in [-0.25, -0.2) is 0 Å². The molecule has 1 unspecified atom stereocenters. The Kier molecular flexibility index (Phi) is 4.61. The minimum atomic E-state index is -0.323. The first kappa shape index (κ1) is 14.4. The first-order valence-electron chi connectivity index (χ1n) is 6.58. The summed E-state index contributed by atoms with van der Waals surface area (Å²) in [5.74, 6) is 0.795. The van der Waals surface area contributed by atoms with E-state index in [0.29, 0.717) is 0 Å². The molecular formula is C15H20N4O. The van der Waals surface area contributed by atoms with Crippen molar-refractivity contribution in [2.45, 2.75) is 6.04 Å². The molecule has 0 fully saturated rings. The number of nitrogens with zero attached hydrogens (tertiary/aromatic N) is 2. The Morgan fingerprint density at radius 3 is 2.90 bits per heavy atom. The Bertz CT molecular complexity index is 612. The third-order valence-corrected chi connectivity index (χ3v) is 3.27. The zero-order valence-corrected chi connectivity index (χ0v) is 12.1. The van der Waals surface area contributed by atoms with E-state index in [-0.39, 0.29) is 6.04 Å². The van der Waals surface area contributed by atoms with E-state index in [0.717, 1.165) is 35.3 Å². The fourth-order valence-electron chi connectivity index (χ4n) is 2.14. The van der Waals surface area contributed by atoms with Crippen LogP contribution in [0.2, 0.25) is 0 Å². The summed E-state index contributed by atoms with van der Waals surface area (Å²) >= 11 is 0. The summed E-state index contributed by atoms with van der Waals surface area (Å²) < 4.78 is 5.25. The molecule has 2 rings (SSSR count). The molecule has 0 aliphatic heterocycles. The van der Waals surface area contributed by atoms with Crippen molar-refractivity contribution in [2.75, 3.05) is 34.3 Å². The van der Waals surface area contributed by atoms with Crippen molar-refractivity contribution in [1.82, 2.24) is 15.2 Å². The van der Waals surface area contributed by atoms with Crippen molar-refractivity contribution in [3.63, 3.8) is 0 Å². The Balaban J connectivity index is 2.23. The second-order valence-corrected chi connectivity index (χ2v) is 4.98. The summed E-state index contributed by atoms with van der Waals surface area (Å²) in [7, 11) is 5.67. The van der Waals surface area contributed by atoms with Gasteiger partial charge in [0.1, 0.15) is 11.8 Å². The molecule has 0 aliphatic rings. The Hall–Kier alpha value is -2.03. The minimum absolute atomic E-state index is 0.323. The van der Waals surface area contributed by atoms with Crippen LogP contribution in [0.5, 0.6) is 5.75 Å². The zero-order valence-electron chi connectivity index (χ0n) is 12.1. The van der Waals surface area contributed by atoms with Crippen LogP contribution in [-0.4, -0.2) is 44.2 Å². The summed E-state index contributed by atoms with van der Waals surface area (Å²) in [4.78, 5) is 5.28. The van der Waals surface area contributed by atoms with Gasteiger partial charge in [0, 0.05) is 35.8 Å². The number of methoxy groups -OCH3 is 1. The van der Waals surface area contributed by atoms with Crippen LogP contribution < -0.4 is 10.1 Å². The highest BCUT2D eigenvalue weighted by Crippen LogP contribution is 2.27. The summed E-state index contributed by atoms with van der Waals surface area (Å²) in [6.45, 7) is 1.66. The van der Waals surface area contributed by atoms with Gasteiger partial charge < -0.3 is 14.6 Å². The Morgan fingerprint density at radius 2 is 2.25 bits per heavy atom. The molecule has 106 valence electrons. The maximum Gasteiger partial charge on any atom is 0.123 e. The van der Waals surface area contributed by atoms with E-state index in [1.165, 1.54) is 0 Å². The van der Waals surface area contributed by atoms with Crippen LogP contribution in [0, 0.1) is 11.3 Å². The van der Waals surface area contributed by atoms with Gasteiger partial charge in [-0.05, 0) is 32.3 Å². The van der Waals surface area contributed by atoms with E-state index in [9.17, 15) is 5.26 Å². The van der Waals surface area contributed by atoms with Gasteiger partial charge in [-0.2, -0.15) is 5.26 Å². The van der Waals surface area contributed by atoms with Crippen LogP contribution >= 0.6 is 0 Å². The number of fused-ring (bicyclic) bond motifs is 1. The predicted octanol–water partition coefficient (Wildman–Crippen LogP) is 1.89. The lowest BCUT2D eigenvalue weighted by atomic mass is 10.1. The lowest BCUT2D eigenvalue weighted by Crippen LogP contribution is -2.29. The monoisotopic (exact) mass is 272 g/mol. The van der Waals surface area contributed by atoms with E-state index in [1.54, 1.807) is 7.11 Å². The van der Waals surface area contributed by atoms with E-state index < -0.39 is 0 Å². The first-order valence-corrected chi connectivity index (χ1v) is 6.58. The molecule has 0 aliphatic carbocycles. The van der Waals surface area contributed by atoms with Crippen LogP contribution in [-0.2, 0) is 0 Å². The van der Waals surface area contributed by atoms with E-state index in [2.05, 4.69) is 21.3 Å². The molecule has 1 heterocycles. The highest BCUT2D eigenvalue weighted by Gasteiger charge is 2.15. The number of nitrogens with one attached hydrogen (secondary N) is 2. The number of nitriles is 1. The summed E-state index contributed by atoms with van der Waals surface area (Å²) in [5, 5.41) is 13.7. The summed E-state index contributed by atoms with van der Waals surface area (Å²) in [6, 6.07) is 7.82. The van der Waals surface area contributed by atoms with Gasteiger partial charge in [-0.3, -0.25) is 5.32 Å². The molecule has 2 aromatic rings. The Morgan fingerprint density at radius 1 is 1.45 bits per heavy atom. The first-order chi connectivity index (χ1) is 9.65. The highest BCUT2D eigenvalue weighted by atomic mass is 16.5. The summed E-state index contributed by atoms with van der Waals surface area (Å²) in [5.41, 5.74) is 1.97. The lowest BCUT2D eigenvalue weighted by Gasteiger charge is -2.14. The van der Waals surface area contributed by atoms with E-state index in [4.69, 9.17) is 4.74 Å². The van der Waals surface area contributed by atoms with Gasteiger partial charge in [-0.15, -0.1) is 0 Å². The number of hydrogen-bond acceptors (Lipinski definition) is 4. The number of H-pyrrole nitrogens is 1. The molecular weight excluding hydrogens is 252 g/mol. The third-order valence-electron chi connectivity index (χ3n) is 3.27. The highest BCUT2D eigenvalue weighted by molar-refractivity contribution is 5.85. The number of aromatic nitrogens is 1. The topological polar surface area (TPSA) is 64.1 Å². The maximum atomic E-state index is 9.38. The smallest absolute Gasteiger partial charge is 0.123 e. The second kappa shape index (κ2) is 6.42. The molecule has 20 heavy (non-hydrogen) atoms. The third kappa shape index (κ3) is 3.10. The standard InChI is InChI=1S/C15H20N4O/c1-19(2)7-6-17-15(9-16)13-10-18-14-5-4-11(20-3)8-12(13)14/h4-5,8,10,15,17-18H,6-7H2,1-3H3. The minimum Gasteiger partial charge on any atom is -0.497 e. The van der Waals surface area contributed by atoms with Gasteiger partial charge in [0.15, 0.2) is 0 Å². The molecule has 0 saturated carbocycles. The molecule has 0 saturated heterocycles. The van der Waals surface area contributed by atoms with Crippen molar-refractivity contribution >= 4 is 10.9 Å². The van der Waals surface area contributed by atoms with Crippen LogP contribution in [0.25, 0.3) is 10.9 Å². The average molecular weight is 272 g/mol. The molecule has 1 aromatic carbocycles. The molecule has 0 spiro atoms. The lowest BCUT2D eigenvalue weighted by molar-refractivity contribution is 0.395. The molecule has 5 heteroatoms. The van der Waals surface area contributed by atoms with Gasteiger partial charge >= 0.3 is 0 Å². The van der Waals surface area contributed by atoms with Crippen LogP contribution in [0.3, 0.4) is 0 Å². The molecule has 1 atom stereocenters. The normalized spacial score (nSPS) is 12.6. The van der Waals surface area contributed by atoms with Gasteiger partial charge in [0.2, 0.25) is 0 Å². The van der Waals surface area contributed by atoms with Crippen molar-refractivity contribution in [2.24, 2.45) is 0 Å². The average Bonchev–Trinajstić information content (AvgIpc) is 2.86. The molecule has 5 nitrogen and oxygen atoms in total. The van der Waals surface area contributed by atoms with Crippen LogP contribution in [0.4, 0.5) is 0 Å². The molecule has 1 aromatic heterocycles. The van der Waals surface area contributed by atoms with Crippen molar-refractivity contribution in [1.29, 1.82) is 5.26 Å². The van der Waals surface area contributed by atoms with Gasteiger partial charge in [-0.1, -0.05) is 0 Å². The van der Waals surface area contributed by atoms with E-state index >= 15 is 0 Å². The summed E-state index contributed by atoms with van der Waals surface area (Å²) in [6.07, 6.45) is 1.89. The van der Waals surface area contributed by atoms with Crippen LogP contribution in [0.15, 0.2) is 24.4 Å². The van der Waals surface area contributed by atoms with Crippen molar-refractivity contribution < 1.29 is 4.74 Å². The van der Waals surface area contributed by atoms with Crippen LogP contribution in [0.1, 0.15) is 11.6 Å². The van der Waals surface area contributed by atoms with Gasteiger partial charge in [0.05, 0.1) is 13.2 Å². The molecule has 0 amide bonds. The maximum absolute atomic E-state index is 9.38. The predicted molar refractivity (Wildman–Crippen MR) is 79.8 cm³/mol. The SMILES string of the molecule is COc1ccc2[nH]cc(C(C#N)NCCN(C)C)c2c1. The number of aromatic amines is 1. The second-order valence-electron chi connectivity index (χ2n) is 4.98. The molecule has 2 N–H and O–H groups in total. The fourth-order valence-corrected chi connectivity index (χ4v) is 2.14. The molecule has 0 bridgehead atoms. The van der Waals surface area contributed by atoms with Crippen molar-refractivity contribution in [3.8, 4) is 11.8 Å². The number of benzene rings is 1. The fraction of sp³-hybridized carbons (Fsp3) is 0.400. The number of likely N-dealkylation sites (N-methyl/N-ethyl adjacent to an activating group) is 1. The largest absolute Gasteiger partial charge is 0.497 e. The van der Waals surface area contributed by atoms with E-state index in [1.807, 2.05) is 38.5 Å². The molecule has 0 radical (unpaired) electrons. The number of ether oxygens (including phenoxy) is 1. The zero-order chi connectivity index (χ0) is 14.5.